The maximum atomic E-state index is 12.5. The van der Waals surface area contributed by atoms with E-state index in [0.717, 1.165) is 29.2 Å². The highest BCUT2D eigenvalue weighted by molar-refractivity contribution is 6.00. The fraction of sp³-hybridized carbons (Fsp3) is 0.353. The molecular weight excluding hydrogens is 248 g/mol. The first kappa shape index (κ1) is 14.4. The number of aryl methyl sites for hydroxylation is 3. The molecule has 0 saturated heterocycles. The monoisotopic (exact) mass is 270 g/mol. The SMILES string of the molecule is CCN(CC(=O)c1cc(C)[nH]c1C)c1ccccc1C. The van der Waals surface area contributed by atoms with E-state index in [0.29, 0.717) is 6.54 Å². The number of Topliss-reactive ketones (excluding diaryl/α,β-unsaturated/α-hetero) is 1. The zero-order chi connectivity index (χ0) is 14.7. The Hall–Kier alpha value is -2.03. The largest absolute Gasteiger partial charge is 0.364 e. The van der Waals surface area contributed by atoms with Crippen LogP contribution in [0.1, 0.15) is 34.2 Å². The third kappa shape index (κ3) is 2.93. The molecule has 0 aliphatic carbocycles. The number of ketones is 1. The van der Waals surface area contributed by atoms with Gasteiger partial charge in [-0.3, -0.25) is 4.79 Å². The van der Waals surface area contributed by atoms with Gasteiger partial charge in [0.25, 0.3) is 0 Å². The van der Waals surface area contributed by atoms with Crippen LogP contribution in [0.2, 0.25) is 0 Å². The van der Waals surface area contributed by atoms with Crippen molar-refractivity contribution in [3.63, 3.8) is 0 Å². The van der Waals surface area contributed by atoms with Gasteiger partial charge in [-0.05, 0) is 45.4 Å². The molecule has 0 aliphatic rings. The summed E-state index contributed by atoms with van der Waals surface area (Å²) < 4.78 is 0. The Balaban J connectivity index is 2.21. The van der Waals surface area contributed by atoms with E-state index < -0.39 is 0 Å². The first-order valence-corrected chi connectivity index (χ1v) is 7.03. The van der Waals surface area contributed by atoms with Gasteiger partial charge in [-0.2, -0.15) is 0 Å². The van der Waals surface area contributed by atoms with Gasteiger partial charge in [-0.15, -0.1) is 0 Å². The number of likely N-dealkylation sites (N-methyl/N-ethyl adjacent to an activating group) is 1. The summed E-state index contributed by atoms with van der Waals surface area (Å²) in [5, 5.41) is 0. The van der Waals surface area contributed by atoms with E-state index >= 15 is 0 Å². The van der Waals surface area contributed by atoms with Crippen LogP contribution in [0.3, 0.4) is 0 Å². The van der Waals surface area contributed by atoms with Crippen molar-refractivity contribution in [2.75, 3.05) is 18.0 Å². The second kappa shape index (κ2) is 5.95. The fourth-order valence-electron chi connectivity index (χ4n) is 2.56. The summed E-state index contributed by atoms with van der Waals surface area (Å²) in [6.07, 6.45) is 0. The average Bonchev–Trinajstić information content (AvgIpc) is 2.76. The summed E-state index contributed by atoms with van der Waals surface area (Å²) in [5.74, 6) is 0.164. The van der Waals surface area contributed by atoms with E-state index in [1.807, 2.05) is 32.0 Å². The highest BCUT2D eigenvalue weighted by Crippen LogP contribution is 2.20. The zero-order valence-corrected chi connectivity index (χ0v) is 12.7. The predicted octanol–water partition coefficient (Wildman–Crippen LogP) is 3.65. The van der Waals surface area contributed by atoms with Crippen LogP contribution in [0, 0.1) is 20.8 Å². The summed E-state index contributed by atoms with van der Waals surface area (Å²) in [4.78, 5) is 17.8. The third-order valence-electron chi connectivity index (χ3n) is 3.62. The number of carbonyl (C=O) groups is 1. The minimum absolute atomic E-state index is 0.164. The highest BCUT2D eigenvalue weighted by Gasteiger charge is 2.16. The lowest BCUT2D eigenvalue weighted by atomic mass is 10.1. The van der Waals surface area contributed by atoms with Crippen molar-refractivity contribution in [2.24, 2.45) is 0 Å². The molecule has 0 fully saturated rings. The van der Waals surface area contributed by atoms with Crippen LogP contribution in [0.15, 0.2) is 30.3 Å². The van der Waals surface area contributed by atoms with E-state index in [1.54, 1.807) is 0 Å². The minimum atomic E-state index is 0.164. The van der Waals surface area contributed by atoms with E-state index in [2.05, 4.69) is 35.9 Å². The molecule has 0 spiro atoms. The lowest BCUT2D eigenvalue weighted by molar-refractivity contribution is 0.0999. The van der Waals surface area contributed by atoms with Gasteiger partial charge < -0.3 is 9.88 Å². The number of aromatic amines is 1. The summed E-state index contributed by atoms with van der Waals surface area (Å²) >= 11 is 0. The third-order valence-corrected chi connectivity index (χ3v) is 3.62. The van der Waals surface area contributed by atoms with Gasteiger partial charge in [0.05, 0.1) is 6.54 Å². The Morgan fingerprint density at radius 3 is 2.45 bits per heavy atom. The number of hydrogen-bond donors (Lipinski definition) is 1. The number of carbonyl (C=O) groups excluding carboxylic acids is 1. The maximum Gasteiger partial charge on any atom is 0.183 e. The van der Waals surface area contributed by atoms with Crippen molar-refractivity contribution in [2.45, 2.75) is 27.7 Å². The topological polar surface area (TPSA) is 36.1 Å². The van der Waals surface area contributed by atoms with E-state index in [-0.39, 0.29) is 5.78 Å². The van der Waals surface area contributed by atoms with Gasteiger partial charge in [0.15, 0.2) is 5.78 Å². The highest BCUT2D eigenvalue weighted by atomic mass is 16.1. The normalized spacial score (nSPS) is 10.6. The van der Waals surface area contributed by atoms with Gasteiger partial charge in [0, 0.05) is 29.2 Å². The molecule has 1 heterocycles. The van der Waals surface area contributed by atoms with E-state index in [1.165, 1.54) is 5.56 Å². The lowest BCUT2D eigenvalue weighted by Crippen LogP contribution is -2.30. The molecule has 0 saturated carbocycles. The summed E-state index contributed by atoms with van der Waals surface area (Å²) in [6.45, 7) is 9.31. The molecule has 106 valence electrons. The van der Waals surface area contributed by atoms with E-state index in [4.69, 9.17) is 0 Å². The molecule has 0 bridgehead atoms. The summed E-state index contributed by atoms with van der Waals surface area (Å²) in [6, 6.07) is 10.1. The Morgan fingerprint density at radius 1 is 1.20 bits per heavy atom. The second-order valence-electron chi connectivity index (χ2n) is 5.21. The van der Waals surface area contributed by atoms with Gasteiger partial charge in [0.1, 0.15) is 0 Å². The van der Waals surface area contributed by atoms with Crippen molar-refractivity contribution in [1.82, 2.24) is 4.98 Å². The molecule has 2 aromatic rings. The number of benzene rings is 1. The number of rotatable bonds is 5. The van der Waals surface area contributed by atoms with Crippen LogP contribution in [0.25, 0.3) is 0 Å². The minimum Gasteiger partial charge on any atom is -0.364 e. The summed E-state index contributed by atoms with van der Waals surface area (Å²) in [5.41, 5.74) is 5.12. The van der Waals surface area contributed by atoms with Gasteiger partial charge in [-0.1, -0.05) is 18.2 Å². The molecule has 0 radical (unpaired) electrons. The summed E-state index contributed by atoms with van der Waals surface area (Å²) in [7, 11) is 0. The predicted molar refractivity (Wildman–Crippen MR) is 83.7 cm³/mol. The van der Waals surface area contributed by atoms with Crippen molar-refractivity contribution >= 4 is 11.5 Å². The van der Waals surface area contributed by atoms with Gasteiger partial charge in [-0.25, -0.2) is 0 Å². The first-order chi connectivity index (χ1) is 9.52. The number of nitrogens with zero attached hydrogens (tertiary/aromatic N) is 1. The molecule has 0 amide bonds. The fourth-order valence-corrected chi connectivity index (χ4v) is 2.56. The quantitative estimate of drug-likeness (QED) is 0.842. The zero-order valence-electron chi connectivity index (χ0n) is 12.7. The molecule has 1 aromatic carbocycles. The molecule has 0 aliphatic heterocycles. The molecule has 0 atom stereocenters. The molecule has 0 unspecified atom stereocenters. The van der Waals surface area contributed by atoms with Crippen LogP contribution in [0.5, 0.6) is 0 Å². The van der Waals surface area contributed by atoms with Crippen LogP contribution >= 0.6 is 0 Å². The molecule has 3 heteroatoms. The molecule has 3 nitrogen and oxygen atoms in total. The number of aromatic nitrogens is 1. The Kier molecular flexibility index (Phi) is 4.28. The van der Waals surface area contributed by atoms with Crippen LogP contribution in [-0.2, 0) is 0 Å². The van der Waals surface area contributed by atoms with Crippen molar-refractivity contribution in [3.05, 3.63) is 52.8 Å². The number of hydrogen-bond acceptors (Lipinski definition) is 2. The molecule has 1 N–H and O–H groups in total. The molecule has 2 rings (SSSR count). The molecule has 20 heavy (non-hydrogen) atoms. The van der Waals surface area contributed by atoms with Crippen LogP contribution in [0.4, 0.5) is 5.69 Å². The smallest absolute Gasteiger partial charge is 0.183 e. The van der Waals surface area contributed by atoms with Crippen molar-refractivity contribution < 1.29 is 4.79 Å². The molecule has 1 aromatic heterocycles. The van der Waals surface area contributed by atoms with Gasteiger partial charge >= 0.3 is 0 Å². The Bertz CT molecular complexity index is 613. The number of nitrogens with one attached hydrogen (secondary N) is 1. The Labute approximate surface area is 120 Å². The molecular formula is C17H22N2O. The lowest BCUT2D eigenvalue weighted by Gasteiger charge is -2.24. The van der Waals surface area contributed by atoms with Crippen LogP contribution < -0.4 is 4.90 Å². The van der Waals surface area contributed by atoms with Crippen molar-refractivity contribution in [1.29, 1.82) is 0 Å². The standard InChI is InChI=1S/C17H22N2O/c1-5-19(16-9-7-6-8-12(16)2)11-17(20)15-10-13(3)18-14(15)4/h6-10,18H,5,11H2,1-4H3. The maximum absolute atomic E-state index is 12.5. The number of anilines is 1. The number of H-pyrrole nitrogens is 1. The Morgan fingerprint density at radius 2 is 1.90 bits per heavy atom. The van der Waals surface area contributed by atoms with Crippen molar-refractivity contribution in [3.8, 4) is 0 Å². The first-order valence-electron chi connectivity index (χ1n) is 7.03. The second-order valence-corrected chi connectivity index (χ2v) is 5.21. The van der Waals surface area contributed by atoms with E-state index in [9.17, 15) is 4.79 Å². The van der Waals surface area contributed by atoms with Crippen LogP contribution in [-0.4, -0.2) is 23.9 Å². The number of para-hydroxylation sites is 1. The van der Waals surface area contributed by atoms with Gasteiger partial charge in [0.2, 0.25) is 0 Å². The average molecular weight is 270 g/mol.